The van der Waals surface area contributed by atoms with Gasteiger partial charge in [-0.05, 0) is 31.2 Å². The van der Waals surface area contributed by atoms with E-state index < -0.39 is 5.43 Å². The second-order valence-corrected chi connectivity index (χ2v) is 6.54. The second kappa shape index (κ2) is 7.78. The molecule has 26 heavy (non-hydrogen) atoms. The summed E-state index contributed by atoms with van der Waals surface area (Å²) in [5.74, 6) is 1.36. The van der Waals surface area contributed by atoms with Crippen LogP contribution in [-0.4, -0.2) is 58.9 Å². The Bertz CT molecular complexity index is 834. The molecule has 0 atom stereocenters. The van der Waals surface area contributed by atoms with E-state index in [4.69, 9.17) is 9.47 Å². The summed E-state index contributed by atoms with van der Waals surface area (Å²) in [6.45, 7) is 3.90. The fourth-order valence-electron chi connectivity index (χ4n) is 3.24. The standard InChI is InChI=1S/C19H25N3O4/c1-21-8-10-22(11-9-21)17-16(18(23)19(17)24)20-7-6-13-4-5-14(25-2)15(12-13)26-3/h4-5,12,20H,6-11H2,1-3H3. The predicted octanol–water partition coefficient (Wildman–Crippen LogP) is 0.706. The lowest BCUT2D eigenvalue weighted by Gasteiger charge is -2.35. The molecule has 2 aromatic carbocycles. The number of methoxy groups -OCH3 is 2. The Balaban J connectivity index is 1.63. The van der Waals surface area contributed by atoms with Gasteiger partial charge in [-0.1, -0.05) is 6.07 Å². The normalized spacial score (nSPS) is 15.3. The van der Waals surface area contributed by atoms with Gasteiger partial charge in [0.05, 0.1) is 14.2 Å². The van der Waals surface area contributed by atoms with E-state index >= 15 is 0 Å². The molecule has 0 aliphatic carbocycles. The quantitative estimate of drug-likeness (QED) is 0.730. The number of rotatable bonds is 7. The molecule has 0 radical (unpaired) electrons. The molecule has 1 aliphatic heterocycles. The first kappa shape index (κ1) is 18.3. The fraction of sp³-hybridized carbons (Fsp3) is 0.474. The highest BCUT2D eigenvalue weighted by atomic mass is 16.5. The van der Waals surface area contributed by atoms with Crippen LogP contribution in [0.2, 0.25) is 0 Å². The largest absolute Gasteiger partial charge is 0.493 e. The van der Waals surface area contributed by atoms with Crippen LogP contribution < -0.4 is 30.5 Å². The van der Waals surface area contributed by atoms with E-state index in [0.717, 1.165) is 31.7 Å². The van der Waals surface area contributed by atoms with Gasteiger partial charge in [-0.25, -0.2) is 0 Å². The van der Waals surface area contributed by atoms with Crippen molar-refractivity contribution < 1.29 is 9.47 Å². The summed E-state index contributed by atoms with van der Waals surface area (Å²) in [5.41, 5.74) is 1.29. The Labute approximate surface area is 152 Å². The van der Waals surface area contributed by atoms with Crippen molar-refractivity contribution in [3.63, 3.8) is 0 Å². The maximum absolute atomic E-state index is 12.0. The number of likely N-dealkylation sites (N-methyl/N-ethyl adjacent to an activating group) is 1. The first-order chi connectivity index (χ1) is 12.5. The minimum atomic E-state index is -0.411. The van der Waals surface area contributed by atoms with E-state index in [-0.39, 0.29) is 5.43 Å². The first-order valence-corrected chi connectivity index (χ1v) is 8.76. The van der Waals surface area contributed by atoms with Gasteiger partial charge in [0, 0.05) is 32.7 Å². The predicted molar refractivity (Wildman–Crippen MR) is 103 cm³/mol. The Kier molecular flexibility index (Phi) is 5.46. The smallest absolute Gasteiger partial charge is 0.253 e. The van der Waals surface area contributed by atoms with Crippen LogP contribution >= 0.6 is 0 Å². The summed E-state index contributed by atoms with van der Waals surface area (Å²) in [7, 11) is 5.26. The summed E-state index contributed by atoms with van der Waals surface area (Å²) >= 11 is 0. The maximum Gasteiger partial charge on any atom is 0.253 e. The lowest BCUT2D eigenvalue weighted by atomic mass is 10.1. The lowest BCUT2D eigenvalue weighted by Crippen LogP contribution is -2.50. The lowest BCUT2D eigenvalue weighted by molar-refractivity contribution is 0.312. The van der Waals surface area contributed by atoms with Gasteiger partial charge in [0.15, 0.2) is 11.5 Å². The van der Waals surface area contributed by atoms with Crippen molar-refractivity contribution in [2.45, 2.75) is 6.42 Å². The summed E-state index contributed by atoms with van der Waals surface area (Å²) in [6, 6.07) is 5.75. The molecule has 1 aliphatic rings. The number of hydrogen-bond acceptors (Lipinski definition) is 7. The van der Waals surface area contributed by atoms with E-state index in [2.05, 4.69) is 17.3 Å². The fourth-order valence-corrected chi connectivity index (χ4v) is 3.24. The van der Waals surface area contributed by atoms with Crippen molar-refractivity contribution in [1.82, 2.24) is 4.90 Å². The average molecular weight is 359 g/mol. The number of piperazine rings is 1. The van der Waals surface area contributed by atoms with Gasteiger partial charge >= 0.3 is 0 Å². The van der Waals surface area contributed by atoms with Crippen LogP contribution in [0.15, 0.2) is 27.8 Å². The molecular formula is C19H25N3O4. The molecule has 2 aromatic rings. The van der Waals surface area contributed by atoms with Gasteiger partial charge in [-0.2, -0.15) is 0 Å². The van der Waals surface area contributed by atoms with E-state index in [1.54, 1.807) is 14.2 Å². The molecular weight excluding hydrogens is 334 g/mol. The number of nitrogens with one attached hydrogen (secondary N) is 1. The summed E-state index contributed by atoms with van der Waals surface area (Å²) < 4.78 is 10.5. The highest BCUT2D eigenvalue weighted by Gasteiger charge is 2.27. The molecule has 0 bridgehead atoms. The molecule has 0 spiro atoms. The Morgan fingerprint density at radius 1 is 1.00 bits per heavy atom. The van der Waals surface area contributed by atoms with Gasteiger partial charge in [0.2, 0.25) is 0 Å². The van der Waals surface area contributed by atoms with Crippen molar-refractivity contribution in [1.29, 1.82) is 0 Å². The molecule has 140 valence electrons. The van der Waals surface area contributed by atoms with Crippen LogP contribution in [0.1, 0.15) is 5.56 Å². The average Bonchev–Trinajstić information content (AvgIpc) is 2.67. The van der Waals surface area contributed by atoms with Crippen molar-refractivity contribution in [3.05, 3.63) is 44.2 Å². The van der Waals surface area contributed by atoms with Gasteiger partial charge in [-0.15, -0.1) is 0 Å². The molecule has 1 heterocycles. The van der Waals surface area contributed by atoms with Crippen molar-refractivity contribution in [3.8, 4) is 11.5 Å². The van der Waals surface area contributed by atoms with Gasteiger partial charge in [0.25, 0.3) is 10.9 Å². The number of hydrogen-bond donors (Lipinski definition) is 1. The van der Waals surface area contributed by atoms with Crippen LogP contribution in [0.3, 0.4) is 0 Å². The van der Waals surface area contributed by atoms with E-state index in [0.29, 0.717) is 35.8 Å². The molecule has 3 rings (SSSR count). The Morgan fingerprint density at radius 3 is 2.35 bits per heavy atom. The van der Waals surface area contributed by atoms with Crippen LogP contribution in [0, 0.1) is 0 Å². The van der Waals surface area contributed by atoms with Crippen molar-refractivity contribution in [2.75, 3.05) is 64.2 Å². The third-order valence-electron chi connectivity index (χ3n) is 4.87. The Morgan fingerprint density at radius 2 is 1.69 bits per heavy atom. The second-order valence-electron chi connectivity index (χ2n) is 6.54. The highest BCUT2D eigenvalue weighted by molar-refractivity contribution is 5.75. The minimum absolute atomic E-state index is 0.372. The van der Waals surface area contributed by atoms with Gasteiger partial charge in [-0.3, -0.25) is 9.59 Å². The molecule has 1 fully saturated rings. The monoisotopic (exact) mass is 359 g/mol. The zero-order valence-corrected chi connectivity index (χ0v) is 15.5. The third-order valence-corrected chi connectivity index (χ3v) is 4.87. The summed E-state index contributed by atoms with van der Waals surface area (Å²) in [4.78, 5) is 28.2. The van der Waals surface area contributed by atoms with Crippen LogP contribution in [0.4, 0.5) is 11.4 Å². The van der Waals surface area contributed by atoms with E-state index in [1.165, 1.54) is 0 Å². The minimum Gasteiger partial charge on any atom is -0.493 e. The molecule has 0 unspecified atom stereocenters. The molecule has 1 N–H and O–H groups in total. The number of nitrogens with zero attached hydrogens (tertiary/aromatic N) is 2. The van der Waals surface area contributed by atoms with Crippen LogP contribution in [-0.2, 0) is 6.42 Å². The number of anilines is 2. The maximum atomic E-state index is 12.0. The van der Waals surface area contributed by atoms with Gasteiger partial charge in [0.1, 0.15) is 11.4 Å². The molecule has 0 aromatic heterocycles. The van der Waals surface area contributed by atoms with Gasteiger partial charge < -0.3 is 24.6 Å². The molecule has 7 heteroatoms. The topological polar surface area (TPSA) is 71.1 Å². The zero-order chi connectivity index (χ0) is 18.7. The summed E-state index contributed by atoms with van der Waals surface area (Å²) in [6.07, 6.45) is 0.710. The van der Waals surface area contributed by atoms with Crippen LogP contribution in [0.25, 0.3) is 0 Å². The number of ether oxygens (including phenoxy) is 2. The van der Waals surface area contributed by atoms with E-state index in [1.807, 2.05) is 23.1 Å². The Hall–Kier alpha value is -2.54. The summed E-state index contributed by atoms with van der Waals surface area (Å²) in [5, 5.41) is 3.15. The molecule has 0 saturated carbocycles. The zero-order valence-electron chi connectivity index (χ0n) is 15.5. The highest BCUT2D eigenvalue weighted by Crippen LogP contribution is 2.28. The third kappa shape index (κ3) is 3.53. The molecule has 7 nitrogen and oxygen atoms in total. The van der Waals surface area contributed by atoms with Crippen molar-refractivity contribution >= 4 is 11.4 Å². The molecule has 1 saturated heterocycles. The SMILES string of the molecule is COc1ccc(CCNc2c(N3CCN(C)CC3)c(=O)c2=O)cc1OC. The first-order valence-electron chi connectivity index (χ1n) is 8.76. The van der Waals surface area contributed by atoms with Crippen LogP contribution in [0.5, 0.6) is 11.5 Å². The van der Waals surface area contributed by atoms with E-state index in [9.17, 15) is 9.59 Å². The van der Waals surface area contributed by atoms with Crippen molar-refractivity contribution in [2.24, 2.45) is 0 Å². The molecule has 0 amide bonds. The number of benzene rings is 1.